The third-order valence-electron chi connectivity index (χ3n) is 2.86. The van der Waals surface area contributed by atoms with Crippen LogP contribution in [0.15, 0.2) is 29.2 Å². The maximum Gasteiger partial charge on any atom is 0.297 e. The number of hydrogen-bond acceptors (Lipinski definition) is 7. The van der Waals surface area contributed by atoms with Crippen LogP contribution in [0, 0.1) is 6.92 Å². The molecule has 0 bridgehead atoms. The van der Waals surface area contributed by atoms with Crippen molar-refractivity contribution in [3.8, 4) is 0 Å². The average molecular weight is 320 g/mol. The van der Waals surface area contributed by atoms with Gasteiger partial charge in [0, 0.05) is 0 Å². The largest absolute Gasteiger partial charge is 0.391 e. The van der Waals surface area contributed by atoms with Crippen molar-refractivity contribution in [2.45, 2.75) is 37.1 Å². The number of ether oxygens (including phenoxy) is 1. The van der Waals surface area contributed by atoms with E-state index in [0.29, 0.717) is 0 Å². The molecule has 0 fully saturated rings. The molecule has 0 aliphatic carbocycles. The number of aliphatic hydroxyl groups is 3. The Hall–Kier alpha value is -1.03. The molecule has 0 aliphatic rings. The van der Waals surface area contributed by atoms with Crippen LogP contribution in [-0.4, -0.2) is 55.4 Å². The number of hydrogen-bond donors (Lipinski definition) is 3. The smallest absolute Gasteiger partial charge is 0.297 e. The van der Waals surface area contributed by atoms with Crippen LogP contribution in [0.5, 0.6) is 0 Å². The molecule has 0 aliphatic heterocycles. The molecule has 0 saturated heterocycles. The molecule has 1 rings (SSSR count). The van der Waals surface area contributed by atoms with E-state index in [2.05, 4.69) is 0 Å². The first kappa shape index (κ1) is 18.0. The molecule has 120 valence electrons. The van der Waals surface area contributed by atoms with Crippen molar-refractivity contribution < 1.29 is 32.7 Å². The van der Waals surface area contributed by atoms with Crippen LogP contribution >= 0.6 is 0 Å². The van der Waals surface area contributed by atoms with E-state index >= 15 is 0 Å². The molecule has 0 radical (unpaired) electrons. The summed E-state index contributed by atoms with van der Waals surface area (Å²) in [4.78, 5) is -0.0256. The highest BCUT2D eigenvalue weighted by atomic mass is 32.2. The van der Waals surface area contributed by atoms with Crippen LogP contribution in [0.3, 0.4) is 0 Å². The number of rotatable bonds is 8. The lowest BCUT2D eigenvalue weighted by Crippen LogP contribution is -2.41. The lowest BCUT2D eigenvalue weighted by atomic mass is 10.1. The van der Waals surface area contributed by atoms with Gasteiger partial charge in [0.25, 0.3) is 10.1 Å². The van der Waals surface area contributed by atoms with Crippen molar-refractivity contribution in [3.05, 3.63) is 29.8 Å². The van der Waals surface area contributed by atoms with Gasteiger partial charge in [-0.15, -0.1) is 0 Å². The van der Waals surface area contributed by atoms with Gasteiger partial charge in [0.15, 0.2) is 0 Å². The maximum atomic E-state index is 12.0. The lowest BCUT2D eigenvalue weighted by Gasteiger charge is -2.23. The molecule has 3 atom stereocenters. The molecule has 0 saturated carbocycles. The molecule has 21 heavy (non-hydrogen) atoms. The standard InChI is InChI=1S/C13H20O7S/c1-9-3-5-11(6-4-9)21(17,18)20-7-12(19-8-14)13(16)10(2)15/h3-6,10,12-16H,7-8H2,1-2H3. The van der Waals surface area contributed by atoms with Crippen molar-refractivity contribution in [2.75, 3.05) is 13.4 Å². The fourth-order valence-corrected chi connectivity index (χ4v) is 2.50. The van der Waals surface area contributed by atoms with E-state index in [1.807, 2.05) is 6.92 Å². The van der Waals surface area contributed by atoms with Gasteiger partial charge in [-0.3, -0.25) is 4.18 Å². The first-order valence-corrected chi connectivity index (χ1v) is 7.73. The Morgan fingerprint density at radius 1 is 1.19 bits per heavy atom. The van der Waals surface area contributed by atoms with E-state index in [9.17, 15) is 18.6 Å². The number of aryl methyl sites for hydroxylation is 1. The third-order valence-corrected chi connectivity index (χ3v) is 4.16. The summed E-state index contributed by atoms with van der Waals surface area (Å²) in [6, 6.07) is 6.06. The molecule has 0 aromatic heterocycles. The Labute approximate surface area is 123 Å². The molecule has 0 heterocycles. The summed E-state index contributed by atoms with van der Waals surface area (Å²) in [5.41, 5.74) is 0.903. The lowest BCUT2D eigenvalue weighted by molar-refractivity contribution is -0.135. The highest BCUT2D eigenvalue weighted by molar-refractivity contribution is 7.86. The number of aliphatic hydroxyl groups excluding tert-OH is 3. The Morgan fingerprint density at radius 2 is 1.76 bits per heavy atom. The summed E-state index contributed by atoms with van der Waals surface area (Å²) in [5, 5.41) is 27.7. The Morgan fingerprint density at radius 3 is 2.24 bits per heavy atom. The van der Waals surface area contributed by atoms with E-state index in [0.717, 1.165) is 5.56 Å². The van der Waals surface area contributed by atoms with Crippen LogP contribution in [0.2, 0.25) is 0 Å². The first-order chi connectivity index (χ1) is 9.77. The van der Waals surface area contributed by atoms with E-state index < -0.39 is 41.8 Å². The van der Waals surface area contributed by atoms with Crippen LogP contribution in [0.4, 0.5) is 0 Å². The van der Waals surface area contributed by atoms with Crippen LogP contribution in [0.25, 0.3) is 0 Å². The quantitative estimate of drug-likeness (QED) is 0.448. The van der Waals surface area contributed by atoms with Crippen molar-refractivity contribution in [1.82, 2.24) is 0 Å². The summed E-state index contributed by atoms with van der Waals surface area (Å²) in [7, 11) is -4.00. The average Bonchev–Trinajstić information content (AvgIpc) is 2.43. The van der Waals surface area contributed by atoms with E-state index in [1.54, 1.807) is 12.1 Å². The van der Waals surface area contributed by atoms with Crippen molar-refractivity contribution in [2.24, 2.45) is 0 Å². The third kappa shape index (κ3) is 5.34. The SMILES string of the molecule is Cc1ccc(S(=O)(=O)OCC(OCO)C(O)C(C)O)cc1. The van der Waals surface area contributed by atoms with E-state index in [4.69, 9.17) is 14.0 Å². The minimum absolute atomic E-state index is 0.0256. The van der Waals surface area contributed by atoms with Crippen molar-refractivity contribution in [3.63, 3.8) is 0 Å². The molecule has 0 spiro atoms. The van der Waals surface area contributed by atoms with Gasteiger partial charge in [-0.25, -0.2) is 0 Å². The van der Waals surface area contributed by atoms with Gasteiger partial charge in [-0.1, -0.05) is 17.7 Å². The predicted octanol–water partition coefficient (Wildman–Crippen LogP) is -0.223. The van der Waals surface area contributed by atoms with E-state index in [1.165, 1.54) is 19.1 Å². The molecule has 8 heteroatoms. The molecular formula is C13H20O7S. The highest BCUT2D eigenvalue weighted by Gasteiger charge is 2.27. The first-order valence-electron chi connectivity index (χ1n) is 6.32. The summed E-state index contributed by atoms with van der Waals surface area (Å²) in [5.74, 6) is 0. The van der Waals surface area contributed by atoms with Gasteiger partial charge in [0.05, 0.1) is 17.6 Å². The zero-order chi connectivity index (χ0) is 16.0. The summed E-state index contributed by atoms with van der Waals surface area (Å²) in [6.45, 7) is 1.87. The summed E-state index contributed by atoms with van der Waals surface area (Å²) < 4.78 is 33.5. The highest BCUT2D eigenvalue weighted by Crippen LogP contribution is 2.15. The van der Waals surface area contributed by atoms with Crippen LogP contribution in [0.1, 0.15) is 12.5 Å². The molecule has 1 aromatic carbocycles. The van der Waals surface area contributed by atoms with Gasteiger partial charge in [0.2, 0.25) is 0 Å². The molecule has 7 nitrogen and oxygen atoms in total. The second-order valence-electron chi connectivity index (χ2n) is 4.62. The van der Waals surface area contributed by atoms with Gasteiger partial charge in [-0.2, -0.15) is 8.42 Å². The molecule has 3 N–H and O–H groups in total. The fraction of sp³-hybridized carbons (Fsp3) is 0.538. The van der Waals surface area contributed by atoms with Gasteiger partial charge in [-0.05, 0) is 26.0 Å². The van der Waals surface area contributed by atoms with Gasteiger partial charge in [0.1, 0.15) is 19.0 Å². The topological polar surface area (TPSA) is 113 Å². The summed E-state index contributed by atoms with van der Waals surface area (Å²) in [6.07, 6.45) is -3.71. The molecular weight excluding hydrogens is 300 g/mol. The van der Waals surface area contributed by atoms with E-state index in [-0.39, 0.29) is 4.90 Å². The Bertz CT molecular complexity index is 524. The van der Waals surface area contributed by atoms with Gasteiger partial charge < -0.3 is 20.1 Å². The maximum absolute atomic E-state index is 12.0. The van der Waals surface area contributed by atoms with Crippen LogP contribution < -0.4 is 0 Å². The second-order valence-corrected chi connectivity index (χ2v) is 6.23. The Balaban J connectivity index is 2.76. The normalized spacial score (nSPS) is 16.4. The summed E-state index contributed by atoms with van der Waals surface area (Å²) >= 11 is 0. The minimum atomic E-state index is -4.00. The van der Waals surface area contributed by atoms with Gasteiger partial charge >= 0.3 is 0 Å². The number of benzene rings is 1. The molecule has 0 amide bonds. The molecule has 3 unspecified atom stereocenters. The molecule has 1 aromatic rings. The zero-order valence-electron chi connectivity index (χ0n) is 11.8. The minimum Gasteiger partial charge on any atom is -0.391 e. The Kier molecular flexibility index (Phi) is 6.72. The predicted molar refractivity (Wildman–Crippen MR) is 74.0 cm³/mol. The van der Waals surface area contributed by atoms with Crippen molar-refractivity contribution in [1.29, 1.82) is 0 Å². The fourth-order valence-electron chi connectivity index (χ4n) is 1.58. The van der Waals surface area contributed by atoms with Crippen LogP contribution in [-0.2, 0) is 19.0 Å². The second kappa shape index (κ2) is 7.83. The van der Waals surface area contributed by atoms with Crippen molar-refractivity contribution >= 4 is 10.1 Å². The zero-order valence-corrected chi connectivity index (χ0v) is 12.7. The monoisotopic (exact) mass is 320 g/mol.